The fourth-order valence-electron chi connectivity index (χ4n) is 1.73. The van der Waals surface area contributed by atoms with E-state index in [1.807, 2.05) is 18.2 Å². The lowest BCUT2D eigenvalue weighted by Crippen LogP contribution is -2.32. The molecular weight excluding hydrogens is 172 g/mol. The van der Waals surface area contributed by atoms with Crippen LogP contribution in [0.1, 0.15) is 24.6 Å². The molecule has 1 aliphatic rings. The van der Waals surface area contributed by atoms with E-state index < -0.39 is 0 Å². The molecule has 2 N–H and O–H groups in total. The summed E-state index contributed by atoms with van der Waals surface area (Å²) in [5, 5.41) is 0. The second kappa shape index (κ2) is 4.11. The first-order valence-electron chi connectivity index (χ1n) is 5.28. The van der Waals surface area contributed by atoms with Crippen molar-refractivity contribution < 1.29 is 0 Å². The first kappa shape index (κ1) is 9.69. The molecule has 0 radical (unpaired) electrons. The van der Waals surface area contributed by atoms with Crippen molar-refractivity contribution in [3.63, 3.8) is 0 Å². The number of benzene rings is 1. The summed E-state index contributed by atoms with van der Waals surface area (Å²) in [7, 11) is 2.11. The zero-order valence-electron chi connectivity index (χ0n) is 8.69. The Hall–Kier alpha value is -0.860. The third-order valence-electron chi connectivity index (χ3n) is 2.86. The van der Waals surface area contributed by atoms with Crippen molar-refractivity contribution in [2.24, 2.45) is 11.7 Å². The Morgan fingerprint density at radius 3 is 2.57 bits per heavy atom. The minimum atomic E-state index is 0.0526. The van der Waals surface area contributed by atoms with Gasteiger partial charge in [-0.3, -0.25) is 4.90 Å². The van der Waals surface area contributed by atoms with Gasteiger partial charge in [-0.05, 0) is 31.4 Å². The fourth-order valence-corrected chi connectivity index (χ4v) is 1.73. The normalized spacial score (nSPS) is 18.5. The molecule has 1 aliphatic carbocycles. The third kappa shape index (κ3) is 2.34. The van der Waals surface area contributed by atoms with Gasteiger partial charge in [0, 0.05) is 6.54 Å². The zero-order chi connectivity index (χ0) is 9.97. The Morgan fingerprint density at radius 2 is 2.00 bits per heavy atom. The molecule has 2 nitrogen and oxygen atoms in total. The van der Waals surface area contributed by atoms with Crippen LogP contribution in [-0.2, 0) is 0 Å². The molecule has 1 atom stereocenters. The quantitative estimate of drug-likeness (QED) is 0.736. The largest absolute Gasteiger partial charge is 0.312 e. The van der Waals surface area contributed by atoms with Gasteiger partial charge in [-0.1, -0.05) is 30.3 Å². The lowest BCUT2D eigenvalue weighted by molar-refractivity contribution is 0.240. The fraction of sp³-hybridized carbons (Fsp3) is 0.500. The summed E-state index contributed by atoms with van der Waals surface area (Å²) in [6, 6.07) is 10.3. The van der Waals surface area contributed by atoms with Crippen molar-refractivity contribution in [1.82, 2.24) is 4.90 Å². The van der Waals surface area contributed by atoms with Crippen LogP contribution < -0.4 is 5.73 Å². The van der Waals surface area contributed by atoms with E-state index in [-0.39, 0.29) is 6.17 Å². The van der Waals surface area contributed by atoms with Gasteiger partial charge in [0.25, 0.3) is 0 Å². The molecule has 1 fully saturated rings. The molecule has 0 bridgehead atoms. The lowest BCUT2D eigenvalue weighted by atomic mass is 10.1. The number of nitrogens with zero attached hydrogens (tertiary/aromatic N) is 1. The molecule has 0 aromatic heterocycles. The van der Waals surface area contributed by atoms with Crippen LogP contribution in [0.25, 0.3) is 0 Å². The van der Waals surface area contributed by atoms with E-state index >= 15 is 0 Å². The van der Waals surface area contributed by atoms with Gasteiger partial charge in [0.2, 0.25) is 0 Å². The SMILES string of the molecule is CN(CC1CC1)C(N)c1ccccc1. The smallest absolute Gasteiger partial charge is 0.0833 e. The summed E-state index contributed by atoms with van der Waals surface area (Å²) in [4.78, 5) is 2.24. The molecule has 76 valence electrons. The topological polar surface area (TPSA) is 29.3 Å². The molecule has 1 aromatic rings. The van der Waals surface area contributed by atoms with Crippen LogP contribution >= 0.6 is 0 Å². The van der Waals surface area contributed by atoms with Gasteiger partial charge < -0.3 is 5.73 Å². The molecule has 1 unspecified atom stereocenters. The number of rotatable bonds is 4. The van der Waals surface area contributed by atoms with E-state index in [0.29, 0.717) is 0 Å². The maximum absolute atomic E-state index is 6.14. The highest BCUT2D eigenvalue weighted by atomic mass is 15.2. The van der Waals surface area contributed by atoms with Crippen LogP contribution in [-0.4, -0.2) is 18.5 Å². The van der Waals surface area contributed by atoms with Crippen LogP contribution in [0.5, 0.6) is 0 Å². The van der Waals surface area contributed by atoms with Crippen LogP contribution in [0.15, 0.2) is 30.3 Å². The van der Waals surface area contributed by atoms with E-state index in [2.05, 4.69) is 24.1 Å². The first-order chi connectivity index (χ1) is 6.77. The van der Waals surface area contributed by atoms with Gasteiger partial charge in [-0.25, -0.2) is 0 Å². The lowest BCUT2D eigenvalue weighted by Gasteiger charge is -2.24. The van der Waals surface area contributed by atoms with Crippen molar-refractivity contribution in [1.29, 1.82) is 0 Å². The zero-order valence-corrected chi connectivity index (χ0v) is 8.69. The maximum atomic E-state index is 6.14. The van der Waals surface area contributed by atoms with Crippen molar-refractivity contribution >= 4 is 0 Å². The molecule has 2 rings (SSSR count). The molecule has 0 heterocycles. The van der Waals surface area contributed by atoms with Crippen LogP contribution in [0.2, 0.25) is 0 Å². The van der Waals surface area contributed by atoms with Gasteiger partial charge >= 0.3 is 0 Å². The van der Waals surface area contributed by atoms with Crippen LogP contribution in [0, 0.1) is 5.92 Å². The van der Waals surface area contributed by atoms with Crippen LogP contribution in [0.4, 0.5) is 0 Å². The summed E-state index contributed by atoms with van der Waals surface area (Å²) in [6.45, 7) is 1.13. The highest BCUT2D eigenvalue weighted by molar-refractivity contribution is 5.17. The Bertz CT molecular complexity index is 280. The molecule has 2 heteroatoms. The van der Waals surface area contributed by atoms with E-state index in [4.69, 9.17) is 5.73 Å². The molecule has 0 amide bonds. The van der Waals surface area contributed by atoms with Crippen molar-refractivity contribution in [2.75, 3.05) is 13.6 Å². The van der Waals surface area contributed by atoms with Gasteiger partial charge in [-0.2, -0.15) is 0 Å². The minimum Gasteiger partial charge on any atom is -0.312 e. The Labute approximate surface area is 85.7 Å². The summed E-state index contributed by atoms with van der Waals surface area (Å²) in [6.07, 6.45) is 2.81. The standard InChI is InChI=1S/C12H18N2/c1-14(9-10-7-8-10)12(13)11-5-3-2-4-6-11/h2-6,10,12H,7-9,13H2,1H3. The number of hydrogen-bond acceptors (Lipinski definition) is 2. The molecule has 0 saturated heterocycles. The molecule has 0 aliphatic heterocycles. The van der Waals surface area contributed by atoms with Crippen molar-refractivity contribution in [2.45, 2.75) is 19.0 Å². The summed E-state index contributed by atoms with van der Waals surface area (Å²) in [5.74, 6) is 0.898. The molecule has 1 aromatic carbocycles. The number of hydrogen-bond donors (Lipinski definition) is 1. The monoisotopic (exact) mass is 190 g/mol. The average Bonchev–Trinajstić information content (AvgIpc) is 3.02. The van der Waals surface area contributed by atoms with Gasteiger partial charge in [0.1, 0.15) is 0 Å². The van der Waals surface area contributed by atoms with Crippen molar-refractivity contribution in [3.8, 4) is 0 Å². The molecular formula is C12H18N2. The van der Waals surface area contributed by atoms with Gasteiger partial charge in [-0.15, -0.1) is 0 Å². The summed E-state index contributed by atoms with van der Waals surface area (Å²) in [5.41, 5.74) is 7.34. The maximum Gasteiger partial charge on any atom is 0.0833 e. The van der Waals surface area contributed by atoms with E-state index in [0.717, 1.165) is 12.5 Å². The summed E-state index contributed by atoms with van der Waals surface area (Å²) < 4.78 is 0. The number of nitrogens with two attached hydrogens (primary N) is 1. The average molecular weight is 190 g/mol. The van der Waals surface area contributed by atoms with E-state index in [1.165, 1.54) is 18.4 Å². The Kier molecular flexibility index (Phi) is 2.85. The highest BCUT2D eigenvalue weighted by Gasteiger charge is 2.25. The Balaban J connectivity index is 1.96. The van der Waals surface area contributed by atoms with Crippen molar-refractivity contribution in [3.05, 3.63) is 35.9 Å². The summed E-state index contributed by atoms with van der Waals surface area (Å²) >= 11 is 0. The molecule has 0 spiro atoms. The third-order valence-corrected chi connectivity index (χ3v) is 2.86. The molecule has 1 saturated carbocycles. The Morgan fingerprint density at radius 1 is 1.36 bits per heavy atom. The first-order valence-corrected chi connectivity index (χ1v) is 5.28. The van der Waals surface area contributed by atoms with E-state index in [1.54, 1.807) is 0 Å². The second-order valence-electron chi connectivity index (χ2n) is 4.24. The predicted octanol–water partition coefficient (Wildman–Crippen LogP) is 1.99. The van der Waals surface area contributed by atoms with Crippen LogP contribution in [0.3, 0.4) is 0 Å². The highest BCUT2D eigenvalue weighted by Crippen LogP contribution is 2.30. The predicted molar refractivity (Wildman–Crippen MR) is 58.7 cm³/mol. The van der Waals surface area contributed by atoms with E-state index in [9.17, 15) is 0 Å². The van der Waals surface area contributed by atoms with Gasteiger partial charge in [0.15, 0.2) is 0 Å². The minimum absolute atomic E-state index is 0.0526. The molecule has 14 heavy (non-hydrogen) atoms. The second-order valence-corrected chi connectivity index (χ2v) is 4.24. The van der Waals surface area contributed by atoms with Gasteiger partial charge in [0.05, 0.1) is 6.17 Å².